The van der Waals surface area contributed by atoms with Crippen molar-refractivity contribution in [2.45, 2.75) is 32.6 Å². The van der Waals surface area contributed by atoms with Gasteiger partial charge in [0.1, 0.15) is 5.76 Å². The number of rotatable bonds is 7. The lowest BCUT2D eigenvalue weighted by molar-refractivity contribution is -0.160. The molecule has 0 saturated heterocycles. The van der Waals surface area contributed by atoms with Crippen molar-refractivity contribution in [2.75, 3.05) is 18.3 Å². The molecule has 0 aliphatic heterocycles. The molecule has 4 nitrogen and oxygen atoms in total. The number of hydrogen-bond acceptors (Lipinski definition) is 5. The Morgan fingerprint density at radius 3 is 2.77 bits per heavy atom. The summed E-state index contributed by atoms with van der Waals surface area (Å²) in [5, 5.41) is 3.26. The second-order valence-electron chi connectivity index (χ2n) is 6.06. The summed E-state index contributed by atoms with van der Waals surface area (Å²) in [5.74, 6) is 1.51. The van der Waals surface area contributed by atoms with Gasteiger partial charge in [-0.25, -0.2) is 4.89 Å². The number of furan rings is 1. The van der Waals surface area contributed by atoms with Gasteiger partial charge in [0.25, 0.3) is 0 Å². The third-order valence-electron chi connectivity index (χ3n) is 3.34. The van der Waals surface area contributed by atoms with Gasteiger partial charge in [-0.3, -0.25) is 0 Å². The van der Waals surface area contributed by atoms with E-state index in [2.05, 4.69) is 55.2 Å². The molecule has 0 aliphatic carbocycles. The third kappa shape index (κ3) is 4.80. The maximum atomic E-state index is 5.61. The van der Waals surface area contributed by atoms with Crippen LogP contribution in [-0.4, -0.2) is 13.0 Å². The summed E-state index contributed by atoms with van der Waals surface area (Å²) in [6.07, 6.45) is 2.46. The van der Waals surface area contributed by atoms with E-state index in [1.807, 2.05) is 6.07 Å². The van der Waals surface area contributed by atoms with Crippen molar-refractivity contribution in [1.82, 2.24) is 0 Å². The fraction of sp³-hybridized carbons (Fsp3) is 0.412. The molecule has 0 radical (unpaired) electrons. The summed E-state index contributed by atoms with van der Waals surface area (Å²) in [7, 11) is 1.48. The molecule has 0 fully saturated rings. The highest BCUT2D eigenvalue weighted by Gasteiger charge is 2.14. The molecule has 22 heavy (non-hydrogen) atoms. The van der Waals surface area contributed by atoms with E-state index >= 15 is 0 Å². The Labute approximate surface area is 136 Å². The molecule has 0 bridgehead atoms. The lowest BCUT2D eigenvalue weighted by Gasteiger charge is -2.19. The van der Waals surface area contributed by atoms with Gasteiger partial charge in [-0.15, -0.1) is 0 Å². The highest BCUT2D eigenvalue weighted by atomic mass is 32.2. The van der Waals surface area contributed by atoms with Gasteiger partial charge in [0.05, 0.1) is 37.0 Å². The maximum Gasteiger partial charge on any atom is 0.131 e. The smallest absolute Gasteiger partial charge is 0.131 e. The topological polar surface area (TPSA) is 43.6 Å². The Kier molecular flexibility index (Phi) is 5.94. The van der Waals surface area contributed by atoms with Gasteiger partial charge in [0.2, 0.25) is 0 Å². The Hall–Kier alpha value is -1.43. The minimum absolute atomic E-state index is 0.147. The van der Waals surface area contributed by atoms with Crippen LogP contribution in [0.1, 0.15) is 37.7 Å². The summed E-state index contributed by atoms with van der Waals surface area (Å²) in [5.41, 5.74) is 3.70. The van der Waals surface area contributed by atoms with Gasteiger partial charge in [-0.05, 0) is 22.6 Å². The fourth-order valence-electron chi connectivity index (χ4n) is 2.15. The third-order valence-corrected chi connectivity index (χ3v) is 3.84. The fourth-order valence-corrected chi connectivity index (χ4v) is 2.51. The minimum atomic E-state index is 0.147. The molecule has 2 rings (SSSR count). The van der Waals surface area contributed by atoms with Crippen LogP contribution in [-0.2, 0) is 21.1 Å². The van der Waals surface area contributed by atoms with Crippen LogP contribution in [0.25, 0.3) is 0 Å². The average molecular weight is 321 g/mol. The van der Waals surface area contributed by atoms with Crippen molar-refractivity contribution < 1.29 is 13.6 Å². The van der Waals surface area contributed by atoms with Crippen molar-refractivity contribution in [3.05, 3.63) is 53.5 Å². The monoisotopic (exact) mass is 321 g/mol. The number of hydrogen-bond donors (Lipinski definition) is 1. The highest BCUT2D eigenvalue weighted by Crippen LogP contribution is 2.26. The van der Waals surface area contributed by atoms with Crippen molar-refractivity contribution in [3.63, 3.8) is 0 Å². The summed E-state index contributed by atoms with van der Waals surface area (Å²) >= 11 is 1.20. The molecule has 1 aromatic heterocycles. The van der Waals surface area contributed by atoms with E-state index in [0.29, 0.717) is 5.88 Å². The zero-order valence-corrected chi connectivity index (χ0v) is 14.3. The first-order chi connectivity index (χ1) is 10.5. The number of anilines is 1. The largest absolute Gasteiger partial charge is 0.467 e. The van der Waals surface area contributed by atoms with Gasteiger partial charge in [0, 0.05) is 6.42 Å². The number of benzene rings is 1. The van der Waals surface area contributed by atoms with E-state index in [9.17, 15) is 0 Å². The molecule has 2 aromatic rings. The molecule has 1 N–H and O–H groups in total. The summed E-state index contributed by atoms with van der Waals surface area (Å²) in [6, 6.07) is 10.6. The molecular weight excluding hydrogens is 298 g/mol. The molecule has 0 unspecified atom stereocenters. The first kappa shape index (κ1) is 16.9. The average Bonchev–Trinajstić information content (AvgIpc) is 2.90. The molecule has 0 spiro atoms. The van der Waals surface area contributed by atoms with E-state index in [1.165, 1.54) is 30.3 Å². The van der Waals surface area contributed by atoms with E-state index < -0.39 is 0 Å². The van der Waals surface area contributed by atoms with Gasteiger partial charge in [-0.2, -0.15) is 4.33 Å². The molecule has 1 aromatic carbocycles. The normalized spacial score (nSPS) is 11.6. The SMILES string of the molecule is COOSCNc1ccoc1Cc1cccc(C(C)(C)C)c1. The first-order valence-electron chi connectivity index (χ1n) is 7.22. The van der Waals surface area contributed by atoms with Crippen molar-refractivity contribution in [3.8, 4) is 0 Å². The molecule has 1 heterocycles. The second-order valence-corrected chi connectivity index (χ2v) is 6.72. The standard InChI is InChI=1S/C17H23NO3S/c1-17(2,3)14-7-5-6-13(10-14)11-16-15(8-9-20-16)18-12-22-21-19-4/h5-10,18H,11-12H2,1-4H3. The van der Waals surface area contributed by atoms with Gasteiger partial charge in [0.15, 0.2) is 0 Å². The molecule has 0 aliphatic rings. The molecular formula is C17H23NO3S. The zero-order chi connectivity index (χ0) is 16.0. The molecule has 0 saturated carbocycles. The van der Waals surface area contributed by atoms with Crippen LogP contribution < -0.4 is 5.32 Å². The van der Waals surface area contributed by atoms with Crippen LogP contribution in [0.5, 0.6) is 0 Å². The van der Waals surface area contributed by atoms with Crippen LogP contribution in [0.15, 0.2) is 41.0 Å². The number of nitrogens with one attached hydrogen (secondary N) is 1. The van der Waals surface area contributed by atoms with E-state index in [1.54, 1.807) is 6.26 Å². The molecule has 5 heteroatoms. The second kappa shape index (κ2) is 7.72. The summed E-state index contributed by atoms with van der Waals surface area (Å²) in [6.45, 7) is 6.66. The Morgan fingerprint density at radius 2 is 2.05 bits per heavy atom. The van der Waals surface area contributed by atoms with Crippen LogP contribution >= 0.6 is 12.0 Å². The van der Waals surface area contributed by atoms with Crippen molar-refractivity contribution in [2.24, 2.45) is 0 Å². The van der Waals surface area contributed by atoms with Crippen LogP contribution in [0.2, 0.25) is 0 Å². The Bertz CT molecular complexity index is 590. The quantitative estimate of drug-likeness (QED) is 0.262. The Balaban J connectivity index is 2.04. The molecule has 0 atom stereocenters. The van der Waals surface area contributed by atoms with Crippen molar-refractivity contribution in [1.29, 1.82) is 0 Å². The zero-order valence-electron chi connectivity index (χ0n) is 13.5. The van der Waals surface area contributed by atoms with E-state index in [4.69, 9.17) is 8.75 Å². The molecule has 0 amide bonds. The molecule has 120 valence electrons. The predicted molar refractivity (Wildman–Crippen MR) is 90.8 cm³/mol. The lowest BCUT2D eigenvalue weighted by Crippen LogP contribution is -2.11. The van der Waals surface area contributed by atoms with Gasteiger partial charge < -0.3 is 9.73 Å². The summed E-state index contributed by atoms with van der Waals surface area (Å²) < 4.78 is 10.4. The highest BCUT2D eigenvalue weighted by molar-refractivity contribution is 7.94. The maximum absolute atomic E-state index is 5.61. The van der Waals surface area contributed by atoms with Crippen LogP contribution in [0.3, 0.4) is 0 Å². The predicted octanol–water partition coefficient (Wildman–Crippen LogP) is 4.76. The van der Waals surface area contributed by atoms with E-state index in [-0.39, 0.29) is 5.41 Å². The van der Waals surface area contributed by atoms with Gasteiger partial charge >= 0.3 is 0 Å². The Morgan fingerprint density at radius 1 is 1.23 bits per heavy atom. The van der Waals surface area contributed by atoms with Crippen molar-refractivity contribution >= 4 is 17.7 Å². The minimum Gasteiger partial charge on any atom is -0.467 e. The van der Waals surface area contributed by atoms with Crippen LogP contribution in [0.4, 0.5) is 5.69 Å². The summed E-state index contributed by atoms with van der Waals surface area (Å²) in [4.78, 5) is 4.53. The first-order valence-corrected chi connectivity index (χ1v) is 8.13. The van der Waals surface area contributed by atoms with E-state index in [0.717, 1.165) is 17.9 Å². The van der Waals surface area contributed by atoms with Crippen LogP contribution in [0, 0.1) is 0 Å². The lowest BCUT2D eigenvalue weighted by atomic mass is 9.86. The van der Waals surface area contributed by atoms with Gasteiger partial charge in [-0.1, -0.05) is 45.0 Å².